The molecule has 1 aliphatic rings. The number of nitrogens with two attached hydrogens (primary N) is 1. The van der Waals surface area contributed by atoms with Gasteiger partial charge in [0.25, 0.3) is 0 Å². The summed E-state index contributed by atoms with van der Waals surface area (Å²) in [7, 11) is 1.51. The first-order valence-corrected chi connectivity index (χ1v) is 6.91. The van der Waals surface area contributed by atoms with Crippen molar-refractivity contribution in [2.45, 2.75) is 5.50 Å². The van der Waals surface area contributed by atoms with E-state index in [1.54, 1.807) is 23.1 Å². The largest absolute Gasteiger partial charge is 0.496 e. The molecule has 0 radical (unpaired) electrons. The van der Waals surface area contributed by atoms with E-state index < -0.39 is 11.4 Å². The zero-order valence-electron chi connectivity index (χ0n) is 11.2. The van der Waals surface area contributed by atoms with Gasteiger partial charge in [-0.3, -0.25) is 9.59 Å². The summed E-state index contributed by atoms with van der Waals surface area (Å²) in [6.07, 6.45) is 1.35. The van der Waals surface area contributed by atoms with Crippen molar-refractivity contribution < 1.29 is 14.3 Å². The molecule has 1 unspecified atom stereocenters. The molecule has 2 rings (SSSR count). The Morgan fingerprint density at radius 3 is 2.90 bits per heavy atom. The van der Waals surface area contributed by atoms with Gasteiger partial charge >= 0.3 is 0 Å². The number of ether oxygens (including phenoxy) is 1. The molecule has 0 aromatic heterocycles. The van der Waals surface area contributed by atoms with Gasteiger partial charge in [-0.15, -0.1) is 12.6 Å². The van der Waals surface area contributed by atoms with Crippen LogP contribution in [-0.4, -0.2) is 35.9 Å². The minimum Gasteiger partial charge on any atom is -0.496 e. The fourth-order valence-corrected chi connectivity index (χ4v) is 2.54. The van der Waals surface area contributed by atoms with Crippen molar-refractivity contribution in [2.24, 2.45) is 5.73 Å². The van der Waals surface area contributed by atoms with Crippen LogP contribution in [0, 0.1) is 0 Å². The molecule has 0 fully saturated rings. The number of hydrogen-bond acceptors (Lipinski definition) is 5. The highest BCUT2D eigenvalue weighted by Gasteiger charge is 2.28. The fourth-order valence-electron chi connectivity index (χ4n) is 2.04. The Balaban J connectivity index is 2.53. The SMILES string of the molecule is COc1ccc(Cl)cc1C1=CC(=O)NC(S)N1CC(N)=O. The Morgan fingerprint density at radius 1 is 1.57 bits per heavy atom. The number of rotatable bonds is 4. The van der Waals surface area contributed by atoms with Crippen LogP contribution < -0.4 is 15.8 Å². The van der Waals surface area contributed by atoms with E-state index in [9.17, 15) is 9.59 Å². The number of amides is 2. The number of halogens is 1. The van der Waals surface area contributed by atoms with Gasteiger partial charge in [0.05, 0.1) is 19.4 Å². The van der Waals surface area contributed by atoms with Crippen molar-refractivity contribution in [2.75, 3.05) is 13.7 Å². The molecule has 1 aliphatic heterocycles. The zero-order valence-corrected chi connectivity index (χ0v) is 12.8. The molecule has 1 atom stereocenters. The number of nitrogens with zero attached hydrogens (tertiary/aromatic N) is 1. The molecule has 6 nitrogen and oxygen atoms in total. The van der Waals surface area contributed by atoms with Crippen LogP contribution in [0.2, 0.25) is 5.02 Å². The number of carbonyl (C=O) groups is 2. The Labute approximate surface area is 132 Å². The highest BCUT2D eigenvalue weighted by molar-refractivity contribution is 7.80. The summed E-state index contributed by atoms with van der Waals surface area (Å²) in [4.78, 5) is 24.5. The second-order valence-electron chi connectivity index (χ2n) is 4.35. The normalized spacial score (nSPS) is 18.0. The fraction of sp³-hybridized carbons (Fsp3) is 0.231. The molecule has 8 heteroatoms. The van der Waals surface area contributed by atoms with Crippen molar-refractivity contribution >= 4 is 41.7 Å². The standard InChI is InChI=1S/C13H14ClN3O3S/c1-20-10-3-2-7(14)4-8(10)9-5-12(19)16-13(21)17(9)6-11(15)18/h2-5,13,21H,6H2,1H3,(H2,15,18)(H,16,19). The second-order valence-corrected chi connectivity index (χ2v) is 5.28. The summed E-state index contributed by atoms with van der Waals surface area (Å²) in [5.74, 6) is -0.347. The van der Waals surface area contributed by atoms with Crippen LogP contribution >= 0.6 is 24.2 Å². The molecule has 21 heavy (non-hydrogen) atoms. The Hall–Kier alpha value is -1.86. The molecular weight excluding hydrogens is 314 g/mol. The second kappa shape index (κ2) is 6.28. The average Bonchev–Trinajstić information content (AvgIpc) is 2.41. The van der Waals surface area contributed by atoms with E-state index in [0.29, 0.717) is 22.0 Å². The maximum atomic E-state index is 11.7. The van der Waals surface area contributed by atoms with Crippen LogP contribution in [0.25, 0.3) is 5.70 Å². The molecule has 112 valence electrons. The van der Waals surface area contributed by atoms with E-state index in [2.05, 4.69) is 17.9 Å². The van der Waals surface area contributed by atoms with E-state index in [1.807, 2.05) is 0 Å². The molecule has 3 N–H and O–H groups in total. The molecule has 2 amide bonds. The van der Waals surface area contributed by atoms with Crippen molar-refractivity contribution in [1.29, 1.82) is 0 Å². The highest BCUT2D eigenvalue weighted by Crippen LogP contribution is 2.33. The van der Waals surface area contributed by atoms with Crippen LogP contribution in [0.3, 0.4) is 0 Å². The van der Waals surface area contributed by atoms with E-state index in [0.717, 1.165) is 0 Å². The van der Waals surface area contributed by atoms with Gasteiger partial charge in [0.2, 0.25) is 11.8 Å². The van der Waals surface area contributed by atoms with Crippen molar-refractivity contribution in [1.82, 2.24) is 10.2 Å². The third kappa shape index (κ3) is 3.43. The molecule has 1 aromatic carbocycles. The van der Waals surface area contributed by atoms with Gasteiger partial charge in [-0.25, -0.2) is 0 Å². The van der Waals surface area contributed by atoms with Crippen LogP contribution in [0.15, 0.2) is 24.3 Å². The third-order valence-electron chi connectivity index (χ3n) is 2.91. The van der Waals surface area contributed by atoms with Gasteiger partial charge in [0, 0.05) is 16.7 Å². The van der Waals surface area contributed by atoms with E-state index in [-0.39, 0.29) is 12.5 Å². The Kier molecular flexibility index (Phi) is 4.64. The smallest absolute Gasteiger partial charge is 0.248 e. The first-order valence-electron chi connectivity index (χ1n) is 6.01. The van der Waals surface area contributed by atoms with Crippen LogP contribution in [0.5, 0.6) is 5.75 Å². The minimum atomic E-state index is -0.673. The van der Waals surface area contributed by atoms with Crippen LogP contribution in [-0.2, 0) is 9.59 Å². The first-order chi connectivity index (χ1) is 9.92. The van der Waals surface area contributed by atoms with Crippen molar-refractivity contribution in [3.05, 3.63) is 34.9 Å². The number of methoxy groups -OCH3 is 1. The van der Waals surface area contributed by atoms with E-state index in [4.69, 9.17) is 22.1 Å². The average molecular weight is 328 g/mol. The van der Waals surface area contributed by atoms with Gasteiger partial charge in [0.1, 0.15) is 11.2 Å². The predicted molar refractivity (Wildman–Crippen MR) is 82.8 cm³/mol. The molecule has 1 aromatic rings. The first kappa shape index (κ1) is 15.5. The zero-order chi connectivity index (χ0) is 15.6. The highest BCUT2D eigenvalue weighted by atomic mass is 35.5. The monoisotopic (exact) mass is 327 g/mol. The summed E-state index contributed by atoms with van der Waals surface area (Å²) >= 11 is 10.3. The maximum absolute atomic E-state index is 11.7. The number of carbonyl (C=O) groups excluding carboxylic acids is 2. The van der Waals surface area contributed by atoms with Gasteiger partial charge in [-0.2, -0.15) is 0 Å². The molecule has 0 saturated carbocycles. The van der Waals surface area contributed by atoms with Crippen molar-refractivity contribution in [3.8, 4) is 5.75 Å². The Bertz CT molecular complexity index is 621. The lowest BCUT2D eigenvalue weighted by molar-refractivity contribution is -0.121. The number of hydrogen-bond donors (Lipinski definition) is 3. The van der Waals surface area contributed by atoms with Gasteiger partial charge in [-0.05, 0) is 18.2 Å². The Morgan fingerprint density at radius 2 is 2.29 bits per heavy atom. The van der Waals surface area contributed by atoms with Crippen LogP contribution in [0.1, 0.15) is 5.56 Å². The topological polar surface area (TPSA) is 84.7 Å². The van der Waals surface area contributed by atoms with Crippen LogP contribution in [0.4, 0.5) is 0 Å². The quantitative estimate of drug-likeness (QED) is 0.715. The maximum Gasteiger partial charge on any atom is 0.248 e. The lowest BCUT2D eigenvalue weighted by atomic mass is 10.1. The molecule has 1 heterocycles. The number of primary amides is 1. The summed E-state index contributed by atoms with van der Waals surface area (Å²) in [6, 6.07) is 5.00. The van der Waals surface area contributed by atoms with E-state index >= 15 is 0 Å². The van der Waals surface area contributed by atoms with Gasteiger partial charge < -0.3 is 20.7 Å². The summed E-state index contributed by atoms with van der Waals surface area (Å²) in [5, 5.41) is 3.06. The molecule has 0 aliphatic carbocycles. The number of nitrogens with one attached hydrogen (secondary N) is 1. The summed E-state index contributed by atoms with van der Waals surface area (Å²) in [5.41, 5.74) is 5.63. The summed E-state index contributed by atoms with van der Waals surface area (Å²) < 4.78 is 5.28. The summed E-state index contributed by atoms with van der Waals surface area (Å²) in [6.45, 7) is -0.101. The minimum absolute atomic E-state index is 0.101. The third-order valence-corrected chi connectivity index (χ3v) is 3.55. The number of thiol groups is 1. The lowest BCUT2D eigenvalue weighted by Gasteiger charge is -2.35. The molecular formula is C13H14ClN3O3S. The molecule has 0 bridgehead atoms. The molecule has 0 spiro atoms. The lowest BCUT2D eigenvalue weighted by Crippen LogP contribution is -2.49. The number of benzene rings is 1. The predicted octanol–water partition coefficient (Wildman–Crippen LogP) is 0.820. The molecule has 0 saturated heterocycles. The van der Waals surface area contributed by atoms with Crippen molar-refractivity contribution in [3.63, 3.8) is 0 Å². The van der Waals surface area contributed by atoms with Gasteiger partial charge in [0.15, 0.2) is 0 Å². The van der Waals surface area contributed by atoms with Gasteiger partial charge in [-0.1, -0.05) is 11.6 Å². The van der Waals surface area contributed by atoms with E-state index in [1.165, 1.54) is 13.2 Å².